The maximum absolute atomic E-state index is 11.4. The van der Waals surface area contributed by atoms with Gasteiger partial charge in [0.2, 0.25) is 0 Å². The molecule has 1 fully saturated rings. The third-order valence-electron chi connectivity index (χ3n) is 2.66. The average molecular weight is 185 g/mol. The molecule has 1 aliphatic rings. The molecule has 1 saturated carbocycles. The fourth-order valence-electron chi connectivity index (χ4n) is 1.88. The van der Waals surface area contributed by atoms with Crippen LogP contribution in [0.3, 0.4) is 0 Å². The second-order valence-electron chi connectivity index (χ2n) is 3.70. The average Bonchev–Trinajstić information content (AvgIpc) is 2.52. The number of hydrogen-bond acceptors (Lipinski definition) is 3. The van der Waals surface area contributed by atoms with Crippen LogP contribution >= 0.6 is 0 Å². The standard InChI is InChI=1S/C10H19NO2/c1-11(7-4-8-13-2)9-5-3-6-10(9)12/h9H,3-8H2,1-2H3. The molecule has 1 unspecified atom stereocenters. The van der Waals surface area contributed by atoms with E-state index in [0.717, 1.165) is 38.8 Å². The van der Waals surface area contributed by atoms with Crippen LogP contribution in [0, 0.1) is 0 Å². The van der Waals surface area contributed by atoms with Gasteiger partial charge in [-0.2, -0.15) is 0 Å². The minimum absolute atomic E-state index is 0.192. The smallest absolute Gasteiger partial charge is 0.149 e. The number of carbonyl (C=O) groups excluding carboxylic acids is 1. The Kier molecular flexibility index (Phi) is 4.39. The summed E-state index contributed by atoms with van der Waals surface area (Å²) in [7, 11) is 3.74. The Morgan fingerprint density at radius 2 is 2.38 bits per heavy atom. The molecule has 1 rings (SSSR count). The van der Waals surface area contributed by atoms with Gasteiger partial charge in [0.05, 0.1) is 6.04 Å². The summed E-state index contributed by atoms with van der Waals surface area (Å²) >= 11 is 0. The highest BCUT2D eigenvalue weighted by molar-refractivity contribution is 5.85. The maximum Gasteiger partial charge on any atom is 0.149 e. The van der Waals surface area contributed by atoms with E-state index >= 15 is 0 Å². The van der Waals surface area contributed by atoms with Crippen molar-refractivity contribution in [3.05, 3.63) is 0 Å². The maximum atomic E-state index is 11.4. The molecule has 0 aliphatic heterocycles. The summed E-state index contributed by atoms with van der Waals surface area (Å²) in [6, 6.07) is 0.192. The molecule has 0 amide bonds. The minimum Gasteiger partial charge on any atom is -0.385 e. The first-order valence-corrected chi connectivity index (χ1v) is 4.97. The van der Waals surface area contributed by atoms with Crippen LogP contribution in [0.25, 0.3) is 0 Å². The van der Waals surface area contributed by atoms with Crippen LogP contribution in [0.4, 0.5) is 0 Å². The van der Waals surface area contributed by atoms with Crippen LogP contribution in [-0.4, -0.2) is 44.0 Å². The first-order valence-electron chi connectivity index (χ1n) is 4.97. The van der Waals surface area contributed by atoms with Crippen molar-refractivity contribution in [2.75, 3.05) is 27.3 Å². The number of ether oxygens (including phenoxy) is 1. The van der Waals surface area contributed by atoms with Crippen molar-refractivity contribution in [2.45, 2.75) is 31.7 Å². The zero-order valence-corrected chi connectivity index (χ0v) is 8.58. The number of ketones is 1. The van der Waals surface area contributed by atoms with E-state index in [1.807, 2.05) is 7.05 Å². The summed E-state index contributed by atoms with van der Waals surface area (Å²) in [5.41, 5.74) is 0. The van der Waals surface area contributed by atoms with Crippen molar-refractivity contribution in [3.63, 3.8) is 0 Å². The molecular weight excluding hydrogens is 166 g/mol. The lowest BCUT2D eigenvalue weighted by atomic mass is 10.2. The van der Waals surface area contributed by atoms with Crippen molar-refractivity contribution in [1.82, 2.24) is 4.90 Å². The molecule has 76 valence electrons. The van der Waals surface area contributed by atoms with Gasteiger partial charge in [0.1, 0.15) is 5.78 Å². The molecule has 3 heteroatoms. The van der Waals surface area contributed by atoms with E-state index in [-0.39, 0.29) is 6.04 Å². The lowest BCUT2D eigenvalue weighted by Crippen LogP contribution is -2.35. The van der Waals surface area contributed by atoms with Crippen LogP contribution in [0.15, 0.2) is 0 Å². The topological polar surface area (TPSA) is 29.5 Å². The van der Waals surface area contributed by atoms with Crippen molar-refractivity contribution >= 4 is 5.78 Å². The Morgan fingerprint density at radius 1 is 1.62 bits per heavy atom. The van der Waals surface area contributed by atoms with Crippen molar-refractivity contribution in [3.8, 4) is 0 Å². The van der Waals surface area contributed by atoms with Crippen LogP contribution in [0.5, 0.6) is 0 Å². The Labute approximate surface area is 80.1 Å². The molecule has 0 spiro atoms. The molecule has 1 atom stereocenters. The monoisotopic (exact) mass is 185 g/mol. The van der Waals surface area contributed by atoms with Crippen LogP contribution < -0.4 is 0 Å². The van der Waals surface area contributed by atoms with E-state index in [1.165, 1.54) is 0 Å². The Morgan fingerprint density at radius 3 is 2.92 bits per heavy atom. The van der Waals surface area contributed by atoms with Gasteiger partial charge in [-0.3, -0.25) is 9.69 Å². The first-order chi connectivity index (χ1) is 6.25. The molecule has 0 heterocycles. The molecule has 0 saturated heterocycles. The van der Waals surface area contributed by atoms with Gasteiger partial charge < -0.3 is 4.74 Å². The van der Waals surface area contributed by atoms with Crippen LogP contribution in [0.2, 0.25) is 0 Å². The van der Waals surface area contributed by atoms with Gasteiger partial charge in [-0.15, -0.1) is 0 Å². The highest BCUT2D eigenvalue weighted by Gasteiger charge is 2.27. The lowest BCUT2D eigenvalue weighted by Gasteiger charge is -2.22. The molecule has 0 aromatic rings. The molecule has 1 aliphatic carbocycles. The number of nitrogens with zero attached hydrogens (tertiary/aromatic N) is 1. The number of methoxy groups -OCH3 is 1. The second-order valence-corrected chi connectivity index (χ2v) is 3.70. The lowest BCUT2D eigenvalue weighted by molar-refractivity contribution is -0.121. The van der Waals surface area contributed by atoms with Gasteiger partial charge in [-0.25, -0.2) is 0 Å². The third kappa shape index (κ3) is 3.08. The molecule has 0 bridgehead atoms. The molecule has 0 aromatic heterocycles. The predicted octanol–water partition coefficient (Wildman–Crippen LogP) is 1.08. The van der Waals surface area contributed by atoms with E-state index in [4.69, 9.17) is 4.74 Å². The summed E-state index contributed by atoms with van der Waals surface area (Å²) < 4.78 is 4.97. The highest BCUT2D eigenvalue weighted by Crippen LogP contribution is 2.18. The van der Waals surface area contributed by atoms with E-state index in [9.17, 15) is 4.79 Å². The Bertz CT molecular complexity index is 170. The van der Waals surface area contributed by atoms with Gasteiger partial charge >= 0.3 is 0 Å². The van der Waals surface area contributed by atoms with E-state index in [0.29, 0.717) is 5.78 Å². The molecule has 3 nitrogen and oxygen atoms in total. The summed E-state index contributed by atoms with van der Waals surface area (Å²) in [6.07, 6.45) is 3.90. The van der Waals surface area contributed by atoms with E-state index in [1.54, 1.807) is 7.11 Å². The van der Waals surface area contributed by atoms with Crippen molar-refractivity contribution in [2.24, 2.45) is 0 Å². The van der Waals surface area contributed by atoms with Crippen LogP contribution in [0.1, 0.15) is 25.7 Å². The molecule has 0 aromatic carbocycles. The Hall–Kier alpha value is -0.410. The van der Waals surface area contributed by atoms with Crippen molar-refractivity contribution in [1.29, 1.82) is 0 Å². The van der Waals surface area contributed by atoms with Gasteiger partial charge in [0.15, 0.2) is 0 Å². The van der Waals surface area contributed by atoms with E-state index in [2.05, 4.69) is 4.90 Å². The molecule has 13 heavy (non-hydrogen) atoms. The third-order valence-corrected chi connectivity index (χ3v) is 2.66. The first kappa shape index (κ1) is 10.7. The van der Waals surface area contributed by atoms with Crippen LogP contribution in [-0.2, 0) is 9.53 Å². The number of hydrogen-bond donors (Lipinski definition) is 0. The number of Topliss-reactive ketones (excluding diaryl/α,β-unsaturated/α-hetero) is 1. The largest absolute Gasteiger partial charge is 0.385 e. The summed E-state index contributed by atoms with van der Waals surface area (Å²) in [4.78, 5) is 13.5. The van der Waals surface area contributed by atoms with E-state index < -0.39 is 0 Å². The SMILES string of the molecule is COCCCN(C)C1CCCC1=O. The summed E-state index contributed by atoms with van der Waals surface area (Å²) in [5.74, 6) is 0.417. The van der Waals surface area contributed by atoms with Crippen molar-refractivity contribution < 1.29 is 9.53 Å². The zero-order valence-electron chi connectivity index (χ0n) is 8.58. The normalized spacial score (nSPS) is 23.0. The quantitative estimate of drug-likeness (QED) is 0.600. The number of rotatable bonds is 5. The van der Waals surface area contributed by atoms with Gasteiger partial charge in [0, 0.05) is 26.7 Å². The molecular formula is C10H19NO2. The Balaban J connectivity index is 2.22. The number of carbonyl (C=O) groups is 1. The van der Waals surface area contributed by atoms with Gasteiger partial charge in [0.25, 0.3) is 0 Å². The zero-order chi connectivity index (χ0) is 9.68. The fourth-order valence-corrected chi connectivity index (χ4v) is 1.88. The van der Waals surface area contributed by atoms with Gasteiger partial charge in [-0.1, -0.05) is 0 Å². The second kappa shape index (κ2) is 5.35. The summed E-state index contributed by atoms with van der Waals surface area (Å²) in [6.45, 7) is 1.75. The predicted molar refractivity (Wildman–Crippen MR) is 51.8 cm³/mol. The number of likely N-dealkylation sites (N-methyl/N-ethyl adjacent to an activating group) is 1. The minimum atomic E-state index is 0.192. The molecule has 0 radical (unpaired) electrons. The van der Waals surface area contributed by atoms with Gasteiger partial charge in [-0.05, 0) is 26.3 Å². The fraction of sp³-hybridized carbons (Fsp3) is 0.900. The highest BCUT2D eigenvalue weighted by atomic mass is 16.5. The summed E-state index contributed by atoms with van der Waals surface area (Å²) in [5, 5.41) is 0. The molecule has 0 N–H and O–H groups in total.